The van der Waals surface area contributed by atoms with Crippen LogP contribution in [0, 0.1) is 0 Å². The van der Waals surface area contributed by atoms with Gasteiger partial charge in [0.05, 0.1) is 19.4 Å². The lowest BCUT2D eigenvalue weighted by molar-refractivity contribution is -0.160. The second-order valence-electron chi connectivity index (χ2n) is 6.53. The number of carboxylic acids is 1. The van der Waals surface area contributed by atoms with E-state index < -0.39 is 63.4 Å². The number of carbonyl (C=O) groups is 2. The number of phosphoric acid groups is 1. The number of phosphoric ester groups is 1. The molecule has 1 aliphatic heterocycles. The van der Waals surface area contributed by atoms with Crippen molar-refractivity contribution in [1.82, 2.24) is 19.5 Å². The monoisotopic (exact) mass is 462 g/mol. The smallest absolute Gasteiger partial charge is 0.469 e. The van der Waals surface area contributed by atoms with E-state index in [0.717, 1.165) is 6.33 Å². The van der Waals surface area contributed by atoms with E-state index in [0.29, 0.717) is 0 Å². The van der Waals surface area contributed by atoms with Crippen molar-refractivity contribution in [3.8, 4) is 0 Å². The summed E-state index contributed by atoms with van der Waals surface area (Å²) in [5, 5.41) is 19.5. The van der Waals surface area contributed by atoms with Gasteiger partial charge in [-0.1, -0.05) is 0 Å². The summed E-state index contributed by atoms with van der Waals surface area (Å²) in [5.41, 5.74) is 11.6. The Hall–Kier alpha value is -2.72. The first-order valence-electron chi connectivity index (χ1n) is 8.62. The lowest BCUT2D eigenvalue weighted by Crippen LogP contribution is -2.43. The van der Waals surface area contributed by atoms with Gasteiger partial charge in [0, 0.05) is 0 Å². The van der Waals surface area contributed by atoms with Crippen molar-refractivity contribution in [2.45, 2.75) is 37.0 Å². The van der Waals surface area contributed by atoms with Gasteiger partial charge in [-0.05, 0) is 0 Å². The van der Waals surface area contributed by atoms with E-state index in [1.165, 1.54) is 10.9 Å². The topological polar surface area (TPSA) is 255 Å². The fourth-order valence-electron chi connectivity index (χ4n) is 2.95. The molecular weight excluding hydrogens is 443 g/mol. The van der Waals surface area contributed by atoms with Gasteiger partial charge in [0.25, 0.3) is 0 Å². The number of rotatable bonds is 8. The molecule has 0 spiro atoms. The van der Waals surface area contributed by atoms with Crippen LogP contribution in [0.5, 0.6) is 0 Å². The van der Waals surface area contributed by atoms with Gasteiger partial charge in [0.1, 0.15) is 30.1 Å². The van der Waals surface area contributed by atoms with Crippen LogP contribution in [-0.2, 0) is 28.2 Å². The maximum Gasteiger partial charge on any atom is 0.469 e. The summed E-state index contributed by atoms with van der Waals surface area (Å²) >= 11 is 0. The summed E-state index contributed by atoms with van der Waals surface area (Å²) in [6.07, 6.45) is -4.11. The second kappa shape index (κ2) is 8.80. The number of aliphatic hydroxyl groups is 1. The summed E-state index contributed by atoms with van der Waals surface area (Å²) in [6.45, 7) is -0.770. The lowest BCUT2D eigenvalue weighted by Gasteiger charge is -2.22. The Labute approximate surface area is 173 Å². The number of hydrogen-bond acceptors (Lipinski definition) is 12. The third kappa shape index (κ3) is 5.13. The molecular formula is C14H19N6O10P. The minimum absolute atomic E-state index is 0.0558. The molecule has 16 nitrogen and oxygen atoms in total. The standard InChI is InChI=1S/C14H19N6O10P/c15-5(1-7(21)22)14(24)30-10-6(2-28-31(25,26)27)29-13(9(10)23)20-4-19-8-11(16)17-3-18-12(8)20/h3-6,9-10,13,23H,1-2,15H2,(H,21,22)(H2,16,17,18)(H2,25,26,27)/t5-,6+,9+,10+,13+/m0/s1. The molecule has 0 aliphatic carbocycles. The van der Waals surface area contributed by atoms with Crippen LogP contribution in [0.3, 0.4) is 0 Å². The van der Waals surface area contributed by atoms with E-state index in [2.05, 4.69) is 19.5 Å². The predicted molar refractivity (Wildman–Crippen MR) is 97.8 cm³/mol. The lowest BCUT2D eigenvalue weighted by atomic mass is 10.1. The van der Waals surface area contributed by atoms with E-state index in [1.807, 2.05) is 0 Å². The number of fused-ring (bicyclic) bond motifs is 1. The van der Waals surface area contributed by atoms with Crippen LogP contribution in [0.2, 0.25) is 0 Å². The highest BCUT2D eigenvalue weighted by atomic mass is 31.2. The third-order valence-corrected chi connectivity index (χ3v) is 4.81. The maximum absolute atomic E-state index is 12.1. The minimum Gasteiger partial charge on any atom is -0.481 e. The van der Waals surface area contributed by atoms with Crippen molar-refractivity contribution in [1.29, 1.82) is 0 Å². The zero-order chi connectivity index (χ0) is 22.9. The van der Waals surface area contributed by atoms with E-state index in [9.17, 15) is 19.3 Å². The van der Waals surface area contributed by atoms with Crippen molar-refractivity contribution in [2.75, 3.05) is 12.3 Å². The van der Waals surface area contributed by atoms with Gasteiger partial charge in [0.2, 0.25) is 0 Å². The molecule has 170 valence electrons. The Morgan fingerprint density at radius 2 is 2.03 bits per heavy atom. The molecule has 3 rings (SSSR count). The number of nitrogens with zero attached hydrogens (tertiary/aromatic N) is 4. The summed E-state index contributed by atoms with van der Waals surface area (Å²) in [4.78, 5) is 52.6. The van der Waals surface area contributed by atoms with Crippen LogP contribution in [-0.4, -0.2) is 82.4 Å². The number of nitrogens with two attached hydrogens (primary N) is 2. The first-order chi connectivity index (χ1) is 14.5. The SMILES string of the molecule is Nc1ncnc2c1ncn2[C@@H]1O[C@H](COP(=O)(O)O)[C@@H](OC(=O)[C@@H](N)CC(=O)O)[C@H]1O. The van der Waals surface area contributed by atoms with Gasteiger partial charge in [0.15, 0.2) is 23.8 Å². The van der Waals surface area contributed by atoms with Crippen molar-refractivity contribution in [3.63, 3.8) is 0 Å². The average Bonchev–Trinajstić information content (AvgIpc) is 3.22. The molecule has 1 saturated heterocycles. The molecule has 0 saturated carbocycles. The highest BCUT2D eigenvalue weighted by molar-refractivity contribution is 7.46. The van der Waals surface area contributed by atoms with E-state index in [1.54, 1.807) is 0 Å². The summed E-state index contributed by atoms with van der Waals surface area (Å²) in [7, 11) is -4.92. The molecule has 1 fully saturated rings. The molecule has 0 amide bonds. The second-order valence-corrected chi connectivity index (χ2v) is 7.77. The molecule has 2 aromatic rings. The number of anilines is 1. The number of aliphatic carboxylic acids is 1. The molecule has 0 unspecified atom stereocenters. The van der Waals surface area contributed by atoms with Crippen molar-refractivity contribution in [3.05, 3.63) is 12.7 Å². The number of nitrogen functional groups attached to an aromatic ring is 1. The van der Waals surface area contributed by atoms with E-state index in [4.69, 9.17) is 35.8 Å². The van der Waals surface area contributed by atoms with Crippen LogP contribution < -0.4 is 11.5 Å². The summed E-state index contributed by atoms with van der Waals surface area (Å²) < 4.78 is 27.4. The average molecular weight is 462 g/mol. The van der Waals surface area contributed by atoms with Crippen molar-refractivity contribution in [2.24, 2.45) is 5.73 Å². The van der Waals surface area contributed by atoms with Gasteiger partial charge in [-0.15, -0.1) is 0 Å². The van der Waals surface area contributed by atoms with Crippen LogP contribution in [0.25, 0.3) is 11.2 Å². The highest BCUT2D eigenvalue weighted by Crippen LogP contribution is 2.39. The summed E-state index contributed by atoms with van der Waals surface area (Å²) in [5.74, 6) is -2.46. The Kier molecular flexibility index (Phi) is 6.51. The number of aromatic nitrogens is 4. The van der Waals surface area contributed by atoms with E-state index in [-0.39, 0.29) is 17.0 Å². The van der Waals surface area contributed by atoms with Gasteiger partial charge < -0.3 is 40.9 Å². The Balaban J connectivity index is 1.87. The third-order valence-electron chi connectivity index (χ3n) is 4.33. The number of carboxylic acid groups (broad SMARTS) is 1. The molecule has 17 heteroatoms. The molecule has 31 heavy (non-hydrogen) atoms. The first kappa shape index (κ1) is 23.0. The molecule has 1 aliphatic rings. The number of carbonyl (C=O) groups excluding carboxylic acids is 1. The van der Waals surface area contributed by atoms with Crippen LogP contribution in [0.15, 0.2) is 12.7 Å². The van der Waals surface area contributed by atoms with Crippen LogP contribution in [0.4, 0.5) is 5.82 Å². The Morgan fingerprint density at radius 1 is 1.32 bits per heavy atom. The molecule has 3 heterocycles. The zero-order valence-corrected chi connectivity index (χ0v) is 16.5. The highest BCUT2D eigenvalue weighted by Gasteiger charge is 2.49. The predicted octanol–water partition coefficient (Wildman–Crippen LogP) is -2.51. The van der Waals surface area contributed by atoms with Gasteiger partial charge in [-0.2, -0.15) is 0 Å². The Bertz CT molecular complexity index is 1030. The molecule has 8 N–H and O–H groups in total. The number of esters is 1. The number of hydrogen-bond donors (Lipinski definition) is 6. The zero-order valence-electron chi connectivity index (χ0n) is 15.6. The van der Waals surface area contributed by atoms with Gasteiger partial charge >= 0.3 is 19.8 Å². The molecule has 0 aromatic carbocycles. The fraction of sp³-hybridized carbons (Fsp3) is 0.500. The fourth-order valence-corrected chi connectivity index (χ4v) is 3.29. The van der Waals surface area contributed by atoms with Gasteiger partial charge in [-0.25, -0.2) is 19.5 Å². The first-order valence-corrected chi connectivity index (χ1v) is 10.2. The number of imidazole rings is 1. The minimum atomic E-state index is -4.92. The van der Waals surface area contributed by atoms with E-state index >= 15 is 0 Å². The number of aliphatic hydroxyl groups excluding tert-OH is 1. The molecule has 5 atom stereocenters. The largest absolute Gasteiger partial charge is 0.481 e. The normalized spacial score (nSPS) is 24.9. The van der Waals surface area contributed by atoms with Gasteiger partial charge in [-0.3, -0.25) is 18.7 Å². The maximum atomic E-state index is 12.1. The molecule has 2 aromatic heterocycles. The van der Waals surface area contributed by atoms with Crippen molar-refractivity contribution < 1.29 is 48.2 Å². The quantitative estimate of drug-likeness (QED) is 0.175. The van der Waals surface area contributed by atoms with Crippen molar-refractivity contribution >= 4 is 36.7 Å². The van der Waals surface area contributed by atoms with Crippen LogP contribution >= 0.6 is 7.82 Å². The van der Waals surface area contributed by atoms with Crippen LogP contribution in [0.1, 0.15) is 12.6 Å². The molecule has 0 bridgehead atoms. The Morgan fingerprint density at radius 3 is 2.68 bits per heavy atom. The number of ether oxygens (including phenoxy) is 2. The molecule has 0 radical (unpaired) electrons. The summed E-state index contributed by atoms with van der Waals surface area (Å²) in [6, 6.07) is -1.55.